The third-order valence-electron chi connectivity index (χ3n) is 3.20. The molecule has 0 N–H and O–H groups in total. The topological polar surface area (TPSA) is 61.0 Å². The molecule has 0 unspecified atom stereocenters. The normalized spacial score (nSPS) is 20.6. The Kier molecular flexibility index (Phi) is 1.66. The molecule has 0 bridgehead atoms. The molecule has 2 saturated carbocycles. The number of rotatable bonds is 3. The first-order valence-corrected chi connectivity index (χ1v) is 5.39. The minimum atomic E-state index is -0.285. The summed E-state index contributed by atoms with van der Waals surface area (Å²) in [6.45, 7) is 0. The summed E-state index contributed by atoms with van der Waals surface area (Å²) in [5, 5.41) is 11.0. The summed E-state index contributed by atoms with van der Waals surface area (Å²) in [6, 6.07) is 0. The van der Waals surface area contributed by atoms with Gasteiger partial charge in [-0.25, -0.2) is 9.55 Å². The Morgan fingerprint density at radius 3 is 2.40 bits per heavy atom. The second-order valence-corrected chi connectivity index (χ2v) is 4.54. The van der Waals surface area contributed by atoms with E-state index in [0.29, 0.717) is 11.8 Å². The number of hydrogen-bond acceptors (Lipinski definition) is 3. The average Bonchev–Trinajstić information content (AvgIpc) is 3.04. The van der Waals surface area contributed by atoms with E-state index in [1.165, 1.54) is 0 Å². The fourth-order valence-electron chi connectivity index (χ4n) is 2.08. The van der Waals surface area contributed by atoms with Crippen molar-refractivity contribution in [1.29, 1.82) is 0 Å². The summed E-state index contributed by atoms with van der Waals surface area (Å²) in [7, 11) is 1.77. The van der Waals surface area contributed by atoms with E-state index < -0.39 is 0 Å². The third-order valence-corrected chi connectivity index (χ3v) is 3.20. The fraction of sp³-hybridized carbons (Fsp3) is 0.700. The van der Waals surface area contributed by atoms with Crippen molar-refractivity contribution >= 4 is 5.82 Å². The van der Waals surface area contributed by atoms with Gasteiger partial charge in [-0.2, -0.15) is 0 Å². The predicted octanol–water partition coefficient (Wildman–Crippen LogP) is 2.08. The number of nitro groups is 1. The van der Waals surface area contributed by atoms with E-state index >= 15 is 0 Å². The molecule has 5 heteroatoms. The average molecular weight is 207 g/mol. The van der Waals surface area contributed by atoms with Crippen molar-refractivity contribution in [3.63, 3.8) is 0 Å². The molecule has 0 saturated heterocycles. The summed E-state index contributed by atoms with van der Waals surface area (Å²) in [6.07, 6.45) is 4.38. The first kappa shape index (κ1) is 8.88. The maximum Gasteiger partial charge on any atom is 0.346 e. The Hall–Kier alpha value is -1.39. The van der Waals surface area contributed by atoms with E-state index in [9.17, 15) is 10.1 Å². The third kappa shape index (κ3) is 1.33. The first-order valence-electron chi connectivity index (χ1n) is 5.39. The molecule has 2 fully saturated rings. The van der Waals surface area contributed by atoms with Crippen molar-refractivity contribution in [3.8, 4) is 0 Å². The molecule has 0 amide bonds. The van der Waals surface area contributed by atoms with Crippen LogP contribution in [-0.4, -0.2) is 14.5 Å². The molecule has 80 valence electrons. The van der Waals surface area contributed by atoms with Crippen molar-refractivity contribution in [2.45, 2.75) is 37.5 Å². The molecular weight excluding hydrogens is 194 g/mol. The summed E-state index contributed by atoms with van der Waals surface area (Å²) in [4.78, 5) is 15.2. The van der Waals surface area contributed by atoms with Gasteiger partial charge in [-0.15, -0.1) is 0 Å². The van der Waals surface area contributed by atoms with E-state index in [1.807, 2.05) is 0 Å². The van der Waals surface area contributed by atoms with Crippen LogP contribution in [0.4, 0.5) is 5.82 Å². The summed E-state index contributed by atoms with van der Waals surface area (Å²) < 4.78 is 1.69. The van der Waals surface area contributed by atoms with Gasteiger partial charge < -0.3 is 10.1 Å². The maximum absolute atomic E-state index is 11.0. The predicted molar refractivity (Wildman–Crippen MR) is 53.8 cm³/mol. The lowest BCUT2D eigenvalue weighted by molar-refractivity contribution is -0.392. The minimum Gasteiger partial charge on any atom is -0.358 e. The zero-order chi connectivity index (χ0) is 10.6. The van der Waals surface area contributed by atoms with E-state index in [4.69, 9.17) is 0 Å². The van der Waals surface area contributed by atoms with Crippen molar-refractivity contribution in [2.24, 2.45) is 7.05 Å². The first-order chi connectivity index (χ1) is 7.18. The molecule has 3 rings (SSSR count). The number of nitrogens with zero attached hydrogens (tertiary/aromatic N) is 3. The Morgan fingerprint density at radius 2 is 1.93 bits per heavy atom. The second kappa shape index (κ2) is 2.81. The highest BCUT2D eigenvalue weighted by atomic mass is 16.6. The zero-order valence-electron chi connectivity index (χ0n) is 8.64. The molecular formula is C10H13N3O2. The van der Waals surface area contributed by atoms with Crippen LogP contribution in [0.2, 0.25) is 0 Å². The van der Waals surface area contributed by atoms with Crippen molar-refractivity contribution in [2.75, 3.05) is 0 Å². The van der Waals surface area contributed by atoms with E-state index in [1.54, 1.807) is 11.6 Å². The molecule has 15 heavy (non-hydrogen) atoms. The van der Waals surface area contributed by atoms with Gasteiger partial charge in [-0.05, 0) is 30.6 Å². The Bertz CT molecular complexity index is 430. The van der Waals surface area contributed by atoms with Gasteiger partial charge in [0.25, 0.3) is 0 Å². The monoisotopic (exact) mass is 207 g/mol. The van der Waals surface area contributed by atoms with E-state index in [2.05, 4.69) is 4.98 Å². The van der Waals surface area contributed by atoms with Crippen LogP contribution in [0.1, 0.15) is 49.0 Å². The highest BCUT2D eigenvalue weighted by Crippen LogP contribution is 2.47. The Labute approximate surface area is 87.3 Å². The summed E-state index contributed by atoms with van der Waals surface area (Å²) in [5.74, 6) is 1.97. The Morgan fingerprint density at radius 1 is 1.33 bits per heavy atom. The van der Waals surface area contributed by atoms with Crippen LogP contribution in [0.25, 0.3) is 0 Å². The number of hydrogen-bond donors (Lipinski definition) is 0. The Balaban J connectivity index is 2.10. The SMILES string of the molecule is Cn1c(C2CC2)nc(C2CC2)c1[N+](=O)[O-]. The largest absolute Gasteiger partial charge is 0.358 e. The van der Waals surface area contributed by atoms with Gasteiger partial charge in [0.15, 0.2) is 5.82 Å². The summed E-state index contributed by atoms with van der Waals surface area (Å²) >= 11 is 0. The van der Waals surface area contributed by atoms with Gasteiger partial charge in [0, 0.05) is 11.8 Å². The lowest BCUT2D eigenvalue weighted by atomic mass is 10.3. The van der Waals surface area contributed by atoms with Gasteiger partial charge in [-0.3, -0.25) is 0 Å². The van der Waals surface area contributed by atoms with Crippen LogP contribution >= 0.6 is 0 Å². The van der Waals surface area contributed by atoms with Crippen LogP contribution in [0.5, 0.6) is 0 Å². The maximum atomic E-state index is 11.0. The van der Waals surface area contributed by atoms with Gasteiger partial charge in [-0.1, -0.05) is 0 Å². The van der Waals surface area contributed by atoms with Gasteiger partial charge in [0.2, 0.25) is 0 Å². The second-order valence-electron chi connectivity index (χ2n) is 4.54. The van der Waals surface area contributed by atoms with Crippen LogP contribution in [0.3, 0.4) is 0 Å². The van der Waals surface area contributed by atoms with Crippen molar-refractivity contribution < 1.29 is 4.92 Å². The molecule has 1 aromatic heterocycles. The molecule has 2 aliphatic rings. The molecule has 2 aliphatic carbocycles. The van der Waals surface area contributed by atoms with E-state index in [0.717, 1.165) is 37.2 Å². The number of aromatic nitrogens is 2. The summed E-state index contributed by atoms with van der Waals surface area (Å²) in [5.41, 5.74) is 0.726. The quantitative estimate of drug-likeness (QED) is 0.563. The van der Waals surface area contributed by atoms with Crippen LogP contribution in [-0.2, 0) is 7.05 Å². The van der Waals surface area contributed by atoms with Crippen LogP contribution < -0.4 is 0 Å². The molecule has 5 nitrogen and oxygen atoms in total. The number of imidazole rings is 1. The highest BCUT2D eigenvalue weighted by molar-refractivity contribution is 5.37. The molecule has 0 aromatic carbocycles. The van der Waals surface area contributed by atoms with Crippen LogP contribution in [0.15, 0.2) is 0 Å². The smallest absolute Gasteiger partial charge is 0.346 e. The van der Waals surface area contributed by atoms with Crippen molar-refractivity contribution in [1.82, 2.24) is 9.55 Å². The lowest BCUT2D eigenvalue weighted by Crippen LogP contribution is -2.01. The van der Waals surface area contributed by atoms with Gasteiger partial charge >= 0.3 is 5.82 Å². The highest BCUT2D eigenvalue weighted by Gasteiger charge is 2.40. The van der Waals surface area contributed by atoms with Crippen LogP contribution in [0, 0.1) is 10.1 Å². The van der Waals surface area contributed by atoms with Crippen molar-refractivity contribution in [3.05, 3.63) is 21.6 Å². The molecule has 0 spiro atoms. The molecule has 1 aromatic rings. The lowest BCUT2D eigenvalue weighted by Gasteiger charge is -1.97. The molecule has 0 aliphatic heterocycles. The molecule has 0 radical (unpaired) electrons. The van der Waals surface area contributed by atoms with Gasteiger partial charge in [0.05, 0.1) is 7.05 Å². The minimum absolute atomic E-state index is 0.222. The standard InChI is InChI=1S/C10H13N3O2/c1-12-9(7-4-5-7)11-8(6-2-3-6)10(12)13(14)15/h6-7H,2-5H2,1H3. The fourth-order valence-corrected chi connectivity index (χ4v) is 2.08. The zero-order valence-corrected chi connectivity index (χ0v) is 8.64. The molecule has 0 atom stereocenters. The van der Waals surface area contributed by atoms with Gasteiger partial charge in [0.1, 0.15) is 5.69 Å². The van der Waals surface area contributed by atoms with E-state index in [-0.39, 0.29) is 10.7 Å². The molecule has 1 heterocycles.